The topological polar surface area (TPSA) is 132 Å². The second kappa shape index (κ2) is 14.9. The number of piperazine rings is 1. The van der Waals surface area contributed by atoms with Gasteiger partial charge in [-0.15, -0.1) is 0 Å². The van der Waals surface area contributed by atoms with E-state index in [0.717, 1.165) is 44.9 Å². The minimum absolute atomic E-state index is 0.147. The molecule has 1 aliphatic heterocycles. The summed E-state index contributed by atoms with van der Waals surface area (Å²) in [6, 6.07) is 24.7. The van der Waals surface area contributed by atoms with Gasteiger partial charge in [0.2, 0.25) is 5.91 Å². The Labute approximate surface area is 327 Å². The molecule has 0 saturated carbocycles. The molecule has 1 saturated heterocycles. The molecule has 0 atom stereocenters. The fourth-order valence-electron chi connectivity index (χ4n) is 7.15. The Bertz CT molecular complexity index is 2540. The molecule has 1 N–H and O–H groups in total. The highest BCUT2D eigenvalue weighted by molar-refractivity contribution is 7.90. The first-order chi connectivity index (χ1) is 26.6. The summed E-state index contributed by atoms with van der Waals surface area (Å²) in [5.74, 6) is -0.147. The molecule has 12 nitrogen and oxygen atoms in total. The highest BCUT2D eigenvalue weighted by Gasteiger charge is 2.28. The number of benzene rings is 3. The van der Waals surface area contributed by atoms with Crippen molar-refractivity contribution in [2.45, 2.75) is 65.5 Å². The summed E-state index contributed by atoms with van der Waals surface area (Å²) < 4.78 is 37.2. The number of pyridine rings is 1. The number of hydrogen-bond donors (Lipinski definition) is 1. The molecule has 0 aliphatic carbocycles. The van der Waals surface area contributed by atoms with Crippen LogP contribution in [0.4, 0.5) is 16.2 Å². The zero-order chi connectivity index (χ0) is 39.9. The molecule has 2 amide bonds. The summed E-state index contributed by atoms with van der Waals surface area (Å²) in [6.07, 6.45) is 3.09. The molecule has 0 bridgehead atoms. The van der Waals surface area contributed by atoms with Gasteiger partial charge in [0, 0.05) is 84.6 Å². The molecule has 3 aromatic heterocycles. The lowest BCUT2D eigenvalue weighted by Crippen LogP contribution is -2.50. The van der Waals surface area contributed by atoms with E-state index in [1.54, 1.807) is 41.6 Å². The number of carbonyl (C=O) groups excluding carboxylic acids is 2. The third kappa shape index (κ3) is 7.90. The second-order valence-electron chi connectivity index (χ2n) is 15.3. The number of anilines is 2. The average Bonchev–Trinajstić information content (AvgIpc) is 3.66. The molecule has 0 spiro atoms. The molecular formula is C43H47N7O5S. The molecule has 290 valence electrons. The van der Waals surface area contributed by atoms with Crippen LogP contribution in [0.15, 0.2) is 96.2 Å². The fourth-order valence-corrected chi connectivity index (χ4v) is 8.47. The Morgan fingerprint density at radius 1 is 0.875 bits per heavy atom. The summed E-state index contributed by atoms with van der Waals surface area (Å²) >= 11 is 0. The van der Waals surface area contributed by atoms with E-state index in [1.165, 1.54) is 10.9 Å². The molecule has 4 heterocycles. The van der Waals surface area contributed by atoms with Crippen molar-refractivity contribution in [2.75, 3.05) is 36.4 Å². The Morgan fingerprint density at radius 3 is 2.23 bits per heavy atom. The van der Waals surface area contributed by atoms with Crippen LogP contribution in [0.2, 0.25) is 0 Å². The van der Waals surface area contributed by atoms with E-state index in [-0.39, 0.29) is 16.9 Å². The zero-order valence-electron chi connectivity index (χ0n) is 32.8. The molecule has 7 rings (SSSR count). The van der Waals surface area contributed by atoms with E-state index >= 15 is 0 Å². The molecule has 13 heteroatoms. The maximum Gasteiger partial charge on any atom is 0.410 e. The van der Waals surface area contributed by atoms with E-state index in [4.69, 9.17) is 14.8 Å². The molecular weight excluding hydrogens is 727 g/mol. The highest BCUT2D eigenvalue weighted by Crippen LogP contribution is 2.38. The quantitative estimate of drug-likeness (QED) is 0.166. The van der Waals surface area contributed by atoms with E-state index in [0.29, 0.717) is 55.0 Å². The van der Waals surface area contributed by atoms with E-state index < -0.39 is 15.6 Å². The van der Waals surface area contributed by atoms with Crippen molar-refractivity contribution in [1.82, 2.24) is 23.6 Å². The van der Waals surface area contributed by atoms with Crippen LogP contribution in [0, 0.1) is 20.8 Å². The van der Waals surface area contributed by atoms with Crippen LogP contribution < -0.4 is 10.2 Å². The first-order valence-corrected chi connectivity index (χ1v) is 20.1. The Hall–Kier alpha value is -5.95. The lowest BCUT2D eigenvalue weighted by molar-refractivity contribution is -0.114. The molecule has 1 aliphatic rings. The van der Waals surface area contributed by atoms with Crippen molar-refractivity contribution >= 4 is 44.4 Å². The minimum Gasteiger partial charge on any atom is -0.444 e. The van der Waals surface area contributed by atoms with Gasteiger partial charge in [-0.2, -0.15) is 5.10 Å². The van der Waals surface area contributed by atoms with Crippen LogP contribution in [-0.2, 0) is 26.1 Å². The minimum atomic E-state index is -4.01. The lowest BCUT2D eigenvalue weighted by atomic mass is 10.0. The van der Waals surface area contributed by atoms with E-state index in [1.807, 2.05) is 88.7 Å². The normalized spacial score (nSPS) is 13.6. The van der Waals surface area contributed by atoms with Gasteiger partial charge in [-0.1, -0.05) is 42.0 Å². The highest BCUT2D eigenvalue weighted by atomic mass is 32.2. The molecule has 56 heavy (non-hydrogen) atoms. The SMILES string of the molecule is CC(=O)Nc1cccc(Cn2nc(C)c(-c3cn(S(=O)(=O)c4ccc(C)cc4)c4ncc(-c5ccc(N6CCN(C(=O)OC(C)(C)C)CC6)cc5)cc34)c2C)c1. The van der Waals surface area contributed by atoms with Gasteiger partial charge in [0.15, 0.2) is 5.65 Å². The maximum atomic E-state index is 14.2. The number of carbonyl (C=O) groups is 2. The van der Waals surface area contributed by atoms with Crippen LogP contribution in [0.25, 0.3) is 33.3 Å². The van der Waals surface area contributed by atoms with Crippen molar-refractivity contribution in [1.29, 1.82) is 0 Å². The number of ether oxygens (including phenoxy) is 1. The van der Waals surface area contributed by atoms with Crippen LogP contribution in [-0.4, -0.2) is 75.8 Å². The van der Waals surface area contributed by atoms with Gasteiger partial charge in [0.25, 0.3) is 10.0 Å². The Kier molecular flexibility index (Phi) is 10.2. The smallest absolute Gasteiger partial charge is 0.410 e. The predicted octanol–water partition coefficient (Wildman–Crippen LogP) is 7.79. The van der Waals surface area contributed by atoms with Gasteiger partial charge in [-0.3, -0.25) is 9.48 Å². The molecule has 1 fully saturated rings. The maximum absolute atomic E-state index is 14.2. The number of nitrogens with zero attached hydrogens (tertiary/aromatic N) is 6. The summed E-state index contributed by atoms with van der Waals surface area (Å²) in [6.45, 7) is 15.9. The predicted molar refractivity (Wildman–Crippen MR) is 219 cm³/mol. The number of aromatic nitrogens is 4. The van der Waals surface area contributed by atoms with Gasteiger partial charge in [-0.05, 0) is 95.1 Å². The van der Waals surface area contributed by atoms with Crippen molar-refractivity contribution < 1.29 is 22.7 Å². The summed E-state index contributed by atoms with van der Waals surface area (Å²) in [5, 5.41) is 8.42. The summed E-state index contributed by atoms with van der Waals surface area (Å²) in [5.41, 5.74) is 8.34. The molecule has 0 radical (unpaired) electrons. The number of amides is 2. The average molecular weight is 774 g/mol. The van der Waals surface area contributed by atoms with Crippen molar-refractivity contribution in [3.8, 4) is 22.3 Å². The van der Waals surface area contributed by atoms with Crippen molar-refractivity contribution in [3.63, 3.8) is 0 Å². The number of fused-ring (bicyclic) bond motifs is 1. The van der Waals surface area contributed by atoms with Gasteiger partial charge in [0.05, 0.1) is 17.1 Å². The third-order valence-corrected chi connectivity index (χ3v) is 11.6. The van der Waals surface area contributed by atoms with Crippen molar-refractivity contribution in [3.05, 3.63) is 114 Å². The van der Waals surface area contributed by atoms with Crippen LogP contribution in [0.3, 0.4) is 0 Å². The van der Waals surface area contributed by atoms with Gasteiger partial charge in [0.1, 0.15) is 5.60 Å². The number of rotatable bonds is 8. The monoisotopic (exact) mass is 773 g/mol. The number of nitrogens with one attached hydrogen (secondary N) is 1. The third-order valence-electron chi connectivity index (χ3n) is 9.92. The van der Waals surface area contributed by atoms with Gasteiger partial charge in [-0.25, -0.2) is 22.2 Å². The summed E-state index contributed by atoms with van der Waals surface area (Å²) in [4.78, 5) is 33.2. The lowest BCUT2D eigenvalue weighted by Gasteiger charge is -2.36. The Balaban J connectivity index is 1.24. The second-order valence-corrected chi connectivity index (χ2v) is 17.2. The Morgan fingerprint density at radius 2 is 1.57 bits per heavy atom. The largest absolute Gasteiger partial charge is 0.444 e. The molecule has 6 aromatic rings. The van der Waals surface area contributed by atoms with E-state index in [2.05, 4.69) is 22.3 Å². The van der Waals surface area contributed by atoms with Crippen LogP contribution in [0.5, 0.6) is 0 Å². The van der Waals surface area contributed by atoms with Crippen LogP contribution in [0.1, 0.15) is 50.2 Å². The standard InChI is InChI=1S/C43H47N7O5S/c1-28-11-17-37(18-12-28)56(53,54)50-27-39(40-29(2)46-49(30(40)3)26-32-9-8-10-35(23-32)45-31(4)51)38-24-34(25-44-41(38)50)33-13-15-36(16-14-33)47-19-21-48(22-20-47)42(52)55-43(5,6)7/h8-18,23-25,27H,19-22,26H2,1-7H3,(H,45,51). The summed E-state index contributed by atoms with van der Waals surface area (Å²) in [7, 11) is -4.01. The first-order valence-electron chi connectivity index (χ1n) is 18.6. The first kappa shape index (κ1) is 38.3. The van der Waals surface area contributed by atoms with Crippen LogP contribution >= 0.6 is 0 Å². The van der Waals surface area contributed by atoms with Gasteiger partial charge >= 0.3 is 6.09 Å². The number of hydrogen-bond acceptors (Lipinski definition) is 8. The fraction of sp³-hybridized carbons (Fsp3) is 0.302. The zero-order valence-corrected chi connectivity index (χ0v) is 33.6. The molecule has 3 aromatic carbocycles. The molecule has 0 unspecified atom stereocenters. The van der Waals surface area contributed by atoms with Crippen molar-refractivity contribution in [2.24, 2.45) is 0 Å². The van der Waals surface area contributed by atoms with Gasteiger partial charge < -0.3 is 19.9 Å². The number of aryl methyl sites for hydroxylation is 2. The van der Waals surface area contributed by atoms with E-state index in [9.17, 15) is 18.0 Å².